The van der Waals surface area contributed by atoms with E-state index in [0.29, 0.717) is 18.5 Å². The van der Waals surface area contributed by atoms with E-state index in [2.05, 4.69) is 12.1 Å². The van der Waals surface area contributed by atoms with Gasteiger partial charge in [0.15, 0.2) is 0 Å². The van der Waals surface area contributed by atoms with Crippen molar-refractivity contribution >= 4 is 22.7 Å². The highest BCUT2D eigenvalue weighted by molar-refractivity contribution is 6.06. The number of rotatable bonds is 5. The third-order valence-electron chi connectivity index (χ3n) is 5.80. The molecule has 2 amide bonds. The first kappa shape index (κ1) is 20.1. The molecule has 2 heterocycles. The van der Waals surface area contributed by atoms with Crippen molar-refractivity contribution < 1.29 is 9.59 Å². The number of pyridine rings is 1. The van der Waals surface area contributed by atoms with Gasteiger partial charge < -0.3 is 9.80 Å². The SMILES string of the molecule is CN(C)C(=O)c1cc([C@H]2CCN(C(=O)CCc3ccccc3)C2)nc2ccccc12. The summed E-state index contributed by atoms with van der Waals surface area (Å²) in [7, 11) is 3.53. The molecule has 1 saturated heterocycles. The summed E-state index contributed by atoms with van der Waals surface area (Å²) in [6.45, 7) is 1.40. The molecule has 0 unspecified atom stereocenters. The minimum atomic E-state index is -0.0244. The number of carbonyl (C=O) groups is 2. The van der Waals surface area contributed by atoms with Crippen LogP contribution in [0.4, 0.5) is 0 Å². The van der Waals surface area contributed by atoms with Crippen LogP contribution >= 0.6 is 0 Å². The largest absolute Gasteiger partial charge is 0.345 e. The Morgan fingerprint density at radius 3 is 2.57 bits per heavy atom. The highest BCUT2D eigenvalue weighted by atomic mass is 16.2. The number of hydrogen-bond donors (Lipinski definition) is 0. The summed E-state index contributed by atoms with van der Waals surface area (Å²) in [5, 5.41) is 0.869. The van der Waals surface area contributed by atoms with Crippen LogP contribution in [0.1, 0.15) is 40.4 Å². The zero-order valence-electron chi connectivity index (χ0n) is 17.5. The van der Waals surface area contributed by atoms with Gasteiger partial charge in [0.2, 0.25) is 5.91 Å². The average molecular weight is 402 g/mol. The third-order valence-corrected chi connectivity index (χ3v) is 5.80. The lowest BCUT2D eigenvalue weighted by Crippen LogP contribution is -2.28. The lowest BCUT2D eigenvalue weighted by atomic mass is 9.99. The fourth-order valence-electron chi connectivity index (χ4n) is 4.11. The molecule has 1 atom stereocenters. The second kappa shape index (κ2) is 8.66. The number of aromatic nitrogens is 1. The molecule has 4 rings (SSSR count). The molecule has 0 radical (unpaired) electrons. The zero-order chi connectivity index (χ0) is 21.1. The number of amides is 2. The van der Waals surface area contributed by atoms with Gasteiger partial charge in [0, 0.05) is 50.6 Å². The molecule has 0 saturated carbocycles. The van der Waals surface area contributed by atoms with Gasteiger partial charge in [0.25, 0.3) is 5.91 Å². The average Bonchev–Trinajstić information content (AvgIpc) is 3.27. The second-order valence-corrected chi connectivity index (χ2v) is 8.12. The Kier molecular flexibility index (Phi) is 5.79. The van der Waals surface area contributed by atoms with Gasteiger partial charge in [-0.3, -0.25) is 14.6 Å². The maximum atomic E-state index is 12.8. The number of fused-ring (bicyclic) bond motifs is 1. The van der Waals surface area contributed by atoms with Crippen LogP contribution in [0, 0.1) is 0 Å². The zero-order valence-corrected chi connectivity index (χ0v) is 17.5. The van der Waals surface area contributed by atoms with Crippen molar-refractivity contribution in [3.05, 3.63) is 77.5 Å². The Hall–Kier alpha value is -3.21. The van der Waals surface area contributed by atoms with Gasteiger partial charge in [-0.1, -0.05) is 48.5 Å². The van der Waals surface area contributed by atoms with Gasteiger partial charge in [-0.05, 0) is 30.5 Å². The first-order chi connectivity index (χ1) is 14.5. The van der Waals surface area contributed by atoms with Crippen LogP contribution in [0.3, 0.4) is 0 Å². The maximum absolute atomic E-state index is 12.8. The van der Waals surface area contributed by atoms with Crippen molar-refractivity contribution in [2.45, 2.75) is 25.2 Å². The quantitative estimate of drug-likeness (QED) is 0.652. The summed E-state index contributed by atoms with van der Waals surface area (Å²) in [5.41, 5.74) is 3.59. The van der Waals surface area contributed by atoms with E-state index in [4.69, 9.17) is 4.98 Å². The van der Waals surface area contributed by atoms with Crippen molar-refractivity contribution in [3.8, 4) is 0 Å². The van der Waals surface area contributed by atoms with Crippen LogP contribution in [0.15, 0.2) is 60.7 Å². The monoisotopic (exact) mass is 401 g/mol. The third kappa shape index (κ3) is 4.20. The van der Waals surface area contributed by atoms with E-state index < -0.39 is 0 Å². The van der Waals surface area contributed by atoms with E-state index in [1.807, 2.05) is 53.4 Å². The summed E-state index contributed by atoms with van der Waals surface area (Å²) in [6.07, 6.45) is 2.15. The van der Waals surface area contributed by atoms with Crippen molar-refractivity contribution in [1.29, 1.82) is 0 Å². The predicted molar refractivity (Wildman–Crippen MR) is 118 cm³/mol. The van der Waals surface area contributed by atoms with Crippen molar-refractivity contribution in [2.75, 3.05) is 27.2 Å². The standard InChI is InChI=1S/C25H27N3O2/c1-27(2)25(30)21-16-23(26-22-11-7-6-10-20(21)22)19-14-15-28(17-19)24(29)13-12-18-8-4-3-5-9-18/h3-11,16,19H,12-15,17H2,1-2H3/t19-/m0/s1. The van der Waals surface area contributed by atoms with Gasteiger partial charge in [-0.15, -0.1) is 0 Å². The first-order valence-electron chi connectivity index (χ1n) is 10.5. The first-order valence-corrected chi connectivity index (χ1v) is 10.5. The lowest BCUT2D eigenvalue weighted by Gasteiger charge is -2.18. The molecule has 154 valence electrons. The van der Waals surface area contributed by atoms with Crippen LogP contribution in [0.2, 0.25) is 0 Å². The minimum Gasteiger partial charge on any atom is -0.345 e. The molecule has 0 spiro atoms. The normalized spacial score (nSPS) is 16.1. The highest BCUT2D eigenvalue weighted by Gasteiger charge is 2.29. The number of carbonyl (C=O) groups excluding carboxylic acids is 2. The topological polar surface area (TPSA) is 53.5 Å². The Bertz CT molecular complexity index is 1060. The Labute approximate surface area is 177 Å². The second-order valence-electron chi connectivity index (χ2n) is 8.12. The minimum absolute atomic E-state index is 0.0244. The molecule has 5 nitrogen and oxygen atoms in total. The molecule has 0 aliphatic carbocycles. The van der Waals surface area contributed by atoms with Crippen LogP contribution in [-0.4, -0.2) is 53.8 Å². The van der Waals surface area contributed by atoms with Crippen LogP contribution in [0.25, 0.3) is 10.9 Å². The summed E-state index contributed by atoms with van der Waals surface area (Å²) in [6, 6.07) is 19.8. The summed E-state index contributed by atoms with van der Waals surface area (Å²) in [4.78, 5) is 33.8. The number of hydrogen-bond acceptors (Lipinski definition) is 3. The Balaban J connectivity index is 1.51. The van der Waals surface area contributed by atoms with Gasteiger partial charge in [0.05, 0.1) is 11.1 Å². The number of likely N-dealkylation sites (tertiary alicyclic amines) is 1. The van der Waals surface area contributed by atoms with E-state index in [-0.39, 0.29) is 17.7 Å². The van der Waals surface area contributed by atoms with Gasteiger partial charge in [-0.2, -0.15) is 0 Å². The van der Waals surface area contributed by atoms with Crippen molar-refractivity contribution in [3.63, 3.8) is 0 Å². The van der Waals surface area contributed by atoms with Crippen molar-refractivity contribution in [2.24, 2.45) is 0 Å². The van der Waals surface area contributed by atoms with E-state index >= 15 is 0 Å². The molecular weight excluding hydrogens is 374 g/mol. The van der Waals surface area contributed by atoms with Gasteiger partial charge in [-0.25, -0.2) is 0 Å². The number of benzene rings is 2. The molecule has 1 fully saturated rings. The summed E-state index contributed by atoms with van der Waals surface area (Å²) in [5.74, 6) is 0.319. The summed E-state index contributed by atoms with van der Waals surface area (Å²) >= 11 is 0. The van der Waals surface area contributed by atoms with E-state index in [9.17, 15) is 9.59 Å². The van der Waals surface area contributed by atoms with Crippen LogP contribution in [-0.2, 0) is 11.2 Å². The van der Waals surface area contributed by atoms with Crippen molar-refractivity contribution in [1.82, 2.24) is 14.8 Å². The summed E-state index contributed by atoms with van der Waals surface area (Å²) < 4.78 is 0. The number of aryl methyl sites for hydroxylation is 1. The molecule has 5 heteroatoms. The molecule has 1 aromatic heterocycles. The Morgan fingerprint density at radius 1 is 1.07 bits per heavy atom. The molecular formula is C25H27N3O2. The van der Waals surface area contributed by atoms with Gasteiger partial charge >= 0.3 is 0 Å². The molecule has 1 aliphatic heterocycles. The smallest absolute Gasteiger partial charge is 0.254 e. The molecule has 0 N–H and O–H groups in total. The number of para-hydroxylation sites is 1. The molecule has 3 aromatic rings. The fraction of sp³-hybridized carbons (Fsp3) is 0.320. The van der Waals surface area contributed by atoms with Gasteiger partial charge in [0.1, 0.15) is 0 Å². The Morgan fingerprint density at radius 2 is 1.80 bits per heavy atom. The number of nitrogens with zero attached hydrogens (tertiary/aromatic N) is 3. The van der Waals surface area contributed by atoms with Crippen LogP contribution < -0.4 is 0 Å². The molecule has 2 aromatic carbocycles. The maximum Gasteiger partial charge on any atom is 0.254 e. The fourth-order valence-corrected chi connectivity index (χ4v) is 4.11. The van der Waals surface area contributed by atoms with E-state index in [1.165, 1.54) is 5.56 Å². The van der Waals surface area contributed by atoms with E-state index in [0.717, 1.165) is 36.0 Å². The molecule has 0 bridgehead atoms. The van der Waals surface area contributed by atoms with E-state index in [1.54, 1.807) is 19.0 Å². The molecule has 30 heavy (non-hydrogen) atoms. The predicted octanol–water partition coefficient (Wildman–Crippen LogP) is 3.89. The van der Waals surface area contributed by atoms with Crippen LogP contribution in [0.5, 0.6) is 0 Å². The lowest BCUT2D eigenvalue weighted by molar-refractivity contribution is -0.130. The highest BCUT2D eigenvalue weighted by Crippen LogP contribution is 2.30. The molecule has 1 aliphatic rings.